The number of hydrogen-bond donors (Lipinski definition) is 1. The summed E-state index contributed by atoms with van der Waals surface area (Å²) in [4.78, 5) is 6.46. The van der Waals surface area contributed by atoms with Crippen molar-refractivity contribution in [3.05, 3.63) is 15.2 Å². The van der Waals surface area contributed by atoms with Crippen LogP contribution in [0.25, 0.3) is 10.8 Å². The van der Waals surface area contributed by atoms with E-state index in [2.05, 4.69) is 26.1 Å². The minimum atomic E-state index is -0.432. The molecule has 3 rings (SSSR count). The van der Waals surface area contributed by atoms with Crippen LogP contribution in [0.15, 0.2) is 9.00 Å². The van der Waals surface area contributed by atoms with Crippen molar-refractivity contribution in [3.63, 3.8) is 0 Å². The predicted octanol–water partition coefficient (Wildman–Crippen LogP) is 4.03. The standard InChI is InChI=1S/C13H16BrN3O2S.ClH/c1-7-8(14)9(18-2)10(20-7)11-16-12(17-19-11)13(15)5-3-4-6-13;/h3-6,15H2,1-2H3;1H. The third-order valence-corrected chi connectivity index (χ3v) is 6.03. The number of nitrogens with two attached hydrogens (primary N) is 1. The third kappa shape index (κ3) is 2.84. The molecule has 0 amide bonds. The lowest BCUT2D eigenvalue weighted by atomic mass is 9.99. The van der Waals surface area contributed by atoms with Gasteiger partial charge in [0.2, 0.25) is 0 Å². The van der Waals surface area contributed by atoms with Crippen LogP contribution in [0.1, 0.15) is 36.4 Å². The van der Waals surface area contributed by atoms with E-state index in [1.165, 1.54) is 0 Å². The summed E-state index contributed by atoms with van der Waals surface area (Å²) in [6, 6.07) is 0. The molecule has 2 aromatic rings. The van der Waals surface area contributed by atoms with E-state index in [1.54, 1.807) is 18.4 Å². The van der Waals surface area contributed by atoms with Crippen LogP contribution in [0.2, 0.25) is 0 Å². The molecule has 0 aromatic carbocycles. The first-order chi connectivity index (χ1) is 9.55. The quantitative estimate of drug-likeness (QED) is 0.851. The lowest BCUT2D eigenvalue weighted by Gasteiger charge is -2.17. The van der Waals surface area contributed by atoms with Gasteiger partial charge in [0.25, 0.3) is 5.89 Å². The average Bonchev–Trinajstić information content (AvgIpc) is 3.11. The number of methoxy groups -OCH3 is 1. The number of nitrogens with zero attached hydrogens (tertiary/aromatic N) is 2. The third-order valence-electron chi connectivity index (χ3n) is 3.74. The van der Waals surface area contributed by atoms with Gasteiger partial charge in [-0.2, -0.15) is 4.98 Å². The SMILES string of the molecule is COc1c(-c2nc(C3(N)CCCC3)no2)sc(C)c1Br.Cl. The van der Waals surface area contributed by atoms with Crippen molar-refractivity contribution in [2.75, 3.05) is 7.11 Å². The highest BCUT2D eigenvalue weighted by Gasteiger charge is 2.36. The molecule has 0 aliphatic heterocycles. The normalized spacial score (nSPS) is 16.8. The van der Waals surface area contributed by atoms with Crippen LogP contribution >= 0.6 is 39.7 Å². The van der Waals surface area contributed by atoms with Gasteiger partial charge in [-0.3, -0.25) is 0 Å². The van der Waals surface area contributed by atoms with Crippen LogP contribution in [-0.4, -0.2) is 17.3 Å². The number of ether oxygens (including phenoxy) is 1. The summed E-state index contributed by atoms with van der Waals surface area (Å²) < 4.78 is 11.8. The lowest BCUT2D eigenvalue weighted by Crippen LogP contribution is -2.34. The van der Waals surface area contributed by atoms with E-state index >= 15 is 0 Å². The van der Waals surface area contributed by atoms with E-state index in [4.69, 9.17) is 15.0 Å². The summed E-state index contributed by atoms with van der Waals surface area (Å²) in [5.74, 6) is 1.82. The van der Waals surface area contributed by atoms with Crippen molar-refractivity contribution in [2.24, 2.45) is 5.73 Å². The van der Waals surface area contributed by atoms with Gasteiger partial charge in [-0.15, -0.1) is 23.7 Å². The zero-order chi connectivity index (χ0) is 14.3. The fraction of sp³-hybridized carbons (Fsp3) is 0.538. The molecule has 1 aliphatic rings. The van der Waals surface area contributed by atoms with E-state index in [1.807, 2.05) is 6.92 Å². The van der Waals surface area contributed by atoms with E-state index in [0.717, 1.165) is 45.7 Å². The minimum Gasteiger partial charge on any atom is -0.494 e. The van der Waals surface area contributed by atoms with Gasteiger partial charge in [0.15, 0.2) is 11.6 Å². The minimum absolute atomic E-state index is 0. The maximum atomic E-state index is 6.36. The second kappa shape index (κ2) is 6.24. The molecule has 1 aliphatic carbocycles. The molecule has 0 atom stereocenters. The van der Waals surface area contributed by atoms with E-state index < -0.39 is 5.54 Å². The molecule has 0 radical (unpaired) electrons. The summed E-state index contributed by atoms with van der Waals surface area (Å²) in [5, 5.41) is 4.09. The van der Waals surface area contributed by atoms with Crippen molar-refractivity contribution < 1.29 is 9.26 Å². The summed E-state index contributed by atoms with van der Waals surface area (Å²) in [5.41, 5.74) is 5.92. The molecular weight excluding hydrogens is 378 g/mol. The highest BCUT2D eigenvalue weighted by molar-refractivity contribution is 9.10. The fourth-order valence-electron chi connectivity index (χ4n) is 2.57. The predicted molar refractivity (Wildman–Crippen MR) is 88.2 cm³/mol. The van der Waals surface area contributed by atoms with Crippen LogP contribution in [0, 0.1) is 6.92 Å². The number of rotatable bonds is 3. The van der Waals surface area contributed by atoms with Gasteiger partial charge < -0.3 is 15.0 Å². The molecule has 0 bridgehead atoms. The molecule has 0 unspecified atom stereocenters. The molecule has 1 saturated carbocycles. The number of aryl methyl sites for hydroxylation is 1. The second-order valence-corrected chi connectivity index (χ2v) is 7.14. The Hall–Kier alpha value is -0.630. The van der Waals surface area contributed by atoms with Crippen molar-refractivity contribution in [1.29, 1.82) is 0 Å². The maximum absolute atomic E-state index is 6.36. The van der Waals surface area contributed by atoms with Gasteiger partial charge in [-0.05, 0) is 35.7 Å². The zero-order valence-corrected chi connectivity index (χ0v) is 15.0. The number of thiophene rings is 1. The van der Waals surface area contributed by atoms with Crippen molar-refractivity contribution in [3.8, 4) is 16.5 Å². The Balaban J connectivity index is 0.00000161. The molecule has 1 fully saturated rings. The Morgan fingerprint density at radius 1 is 1.38 bits per heavy atom. The Labute approximate surface area is 141 Å². The number of aromatic nitrogens is 2. The monoisotopic (exact) mass is 393 g/mol. The smallest absolute Gasteiger partial charge is 0.271 e. The van der Waals surface area contributed by atoms with Gasteiger partial charge >= 0.3 is 0 Å². The van der Waals surface area contributed by atoms with Crippen LogP contribution in [0.5, 0.6) is 5.75 Å². The van der Waals surface area contributed by atoms with Crippen molar-refractivity contribution >= 4 is 39.7 Å². The van der Waals surface area contributed by atoms with E-state index in [0.29, 0.717) is 11.7 Å². The first kappa shape index (κ1) is 16.7. The van der Waals surface area contributed by atoms with Gasteiger partial charge in [-0.25, -0.2) is 0 Å². The first-order valence-corrected chi connectivity index (χ1v) is 8.12. The fourth-order valence-corrected chi connectivity index (χ4v) is 4.25. The Bertz CT molecular complexity index is 637. The summed E-state index contributed by atoms with van der Waals surface area (Å²) in [6.07, 6.45) is 4.06. The molecule has 2 aromatic heterocycles. The molecule has 5 nitrogen and oxygen atoms in total. The Kier molecular flexibility index (Phi) is 4.97. The van der Waals surface area contributed by atoms with Crippen LogP contribution in [0.3, 0.4) is 0 Å². The molecule has 116 valence electrons. The molecule has 0 spiro atoms. The molecule has 2 heterocycles. The Morgan fingerprint density at radius 2 is 2.05 bits per heavy atom. The average molecular weight is 395 g/mol. The van der Waals surface area contributed by atoms with Crippen molar-refractivity contribution in [1.82, 2.24) is 10.1 Å². The molecule has 2 N–H and O–H groups in total. The van der Waals surface area contributed by atoms with Gasteiger partial charge in [0.05, 0.1) is 17.1 Å². The molecular formula is C13H17BrClN3O2S. The highest BCUT2D eigenvalue weighted by Crippen LogP contribution is 2.45. The van der Waals surface area contributed by atoms with E-state index in [9.17, 15) is 0 Å². The van der Waals surface area contributed by atoms with Crippen molar-refractivity contribution in [2.45, 2.75) is 38.1 Å². The van der Waals surface area contributed by atoms with E-state index in [-0.39, 0.29) is 12.4 Å². The molecule has 8 heteroatoms. The maximum Gasteiger partial charge on any atom is 0.271 e. The zero-order valence-electron chi connectivity index (χ0n) is 11.8. The Morgan fingerprint density at radius 3 is 2.67 bits per heavy atom. The van der Waals surface area contributed by atoms with Crippen LogP contribution in [-0.2, 0) is 5.54 Å². The molecule has 0 saturated heterocycles. The summed E-state index contributed by atoms with van der Waals surface area (Å²) in [7, 11) is 1.63. The van der Waals surface area contributed by atoms with Crippen LogP contribution < -0.4 is 10.5 Å². The largest absolute Gasteiger partial charge is 0.494 e. The summed E-state index contributed by atoms with van der Waals surface area (Å²) >= 11 is 5.08. The molecule has 21 heavy (non-hydrogen) atoms. The van der Waals surface area contributed by atoms with Gasteiger partial charge in [0, 0.05) is 4.88 Å². The topological polar surface area (TPSA) is 74.2 Å². The summed E-state index contributed by atoms with van der Waals surface area (Å²) in [6.45, 7) is 2.01. The van der Waals surface area contributed by atoms with Gasteiger partial charge in [-0.1, -0.05) is 18.0 Å². The number of halogens is 2. The number of hydrogen-bond acceptors (Lipinski definition) is 6. The lowest BCUT2D eigenvalue weighted by molar-refractivity contribution is 0.371. The van der Waals surface area contributed by atoms with Gasteiger partial charge in [0.1, 0.15) is 4.88 Å². The second-order valence-electron chi connectivity index (χ2n) is 5.12. The van der Waals surface area contributed by atoms with Crippen LogP contribution in [0.4, 0.5) is 0 Å². The first-order valence-electron chi connectivity index (χ1n) is 6.51. The highest BCUT2D eigenvalue weighted by atomic mass is 79.9.